The summed E-state index contributed by atoms with van der Waals surface area (Å²) in [5.41, 5.74) is 0. The summed E-state index contributed by atoms with van der Waals surface area (Å²) in [7, 11) is -9.91. The van der Waals surface area contributed by atoms with Crippen molar-refractivity contribution in [1.82, 2.24) is 0 Å². The Morgan fingerprint density at radius 1 is 0.356 bits per heavy atom. The van der Waals surface area contributed by atoms with Gasteiger partial charge in [0.15, 0.2) is 12.2 Å². The molecule has 17 nitrogen and oxygen atoms in total. The molecule has 6 atom stereocenters. The van der Waals surface area contributed by atoms with Crippen molar-refractivity contribution in [2.24, 2.45) is 5.92 Å². The first kappa shape index (κ1) is 87.5. The molecule has 3 N–H and O–H groups in total. The SMILES string of the molecule is CCCCCC/C=C\C=C/CCCCCCCC(=O)O[C@H](COC(=O)CCCCCCCCCCCCC(C)CC)COP(=O)(O)OC[C@@H](O)COP(=O)(O)OC[C@@H](COC(=O)CCCCCCCCCCC)OC(=O)CCCCCCCCCCCCCC. The Morgan fingerprint density at radius 2 is 0.622 bits per heavy atom. The minimum atomic E-state index is -4.96. The molecule has 0 spiro atoms. The van der Waals surface area contributed by atoms with Crippen LogP contribution in [0.5, 0.6) is 0 Å². The van der Waals surface area contributed by atoms with Crippen molar-refractivity contribution in [3.05, 3.63) is 24.3 Å². The van der Waals surface area contributed by atoms with E-state index in [4.69, 9.17) is 37.0 Å². The molecule has 0 saturated heterocycles. The molecule has 0 aromatic carbocycles. The number of carbonyl (C=O) groups is 4. The number of aliphatic hydroxyl groups excluding tert-OH is 1. The van der Waals surface area contributed by atoms with E-state index < -0.39 is 97.5 Å². The second kappa shape index (κ2) is 63.9. The maximum absolute atomic E-state index is 13.0. The molecule has 0 bridgehead atoms. The van der Waals surface area contributed by atoms with Crippen molar-refractivity contribution in [3.63, 3.8) is 0 Å². The van der Waals surface area contributed by atoms with Gasteiger partial charge in [0.1, 0.15) is 19.3 Å². The highest BCUT2D eigenvalue weighted by molar-refractivity contribution is 7.47. The molecule has 0 amide bonds. The van der Waals surface area contributed by atoms with Gasteiger partial charge in [0.25, 0.3) is 0 Å². The summed E-state index contributed by atoms with van der Waals surface area (Å²) < 4.78 is 68.2. The summed E-state index contributed by atoms with van der Waals surface area (Å²) in [5.74, 6) is -1.35. The standard InChI is InChI=1S/C71H134O17P2/c1-6-10-13-16-19-22-24-26-27-28-30-37-42-47-52-57-71(76)88-67(61-82-69(74)55-50-45-40-35-32-31-34-38-43-48-53-64(5)9-4)63-86-90(79,80)84-59-65(72)58-83-89(77,78)85-62-66(60-81-68(73)54-49-44-39-33-21-18-15-12-8-3)87-70(75)56-51-46-41-36-29-25-23-20-17-14-11-7-2/h22,24,26-27,64-67,72H,6-21,23,25,28-63H2,1-5H3,(H,77,78)(H,79,80)/b24-22-,27-26-/t64?,65-,66+,67+/m0/s1. The van der Waals surface area contributed by atoms with Gasteiger partial charge in [-0.3, -0.25) is 37.3 Å². The summed E-state index contributed by atoms with van der Waals surface area (Å²) in [6, 6.07) is 0. The largest absolute Gasteiger partial charge is 0.472 e. The second-order valence-corrected chi connectivity index (χ2v) is 28.1. The summed E-state index contributed by atoms with van der Waals surface area (Å²) in [6.45, 7) is 7.20. The first-order chi connectivity index (χ1) is 43.6. The van der Waals surface area contributed by atoms with Crippen LogP contribution in [0.25, 0.3) is 0 Å². The topological polar surface area (TPSA) is 237 Å². The average Bonchev–Trinajstić information content (AvgIpc) is 3.18. The molecule has 0 rings (SSSR count). The van der Waals surface area contributed by atoms with Crippen LogP contribution in [0.2, 0.25) is 0 Å². The molecule has 0 heterocycles. The minimum Gasteiger partial charge on any atom is -0.462 e. The number of phosphoric acid groups is 2. The predicted molar refractivity (Wildman–Crippen MR) is 363 cm³/mol. The van der Waals surface area contributed by atoms with Crippen LogP contribution in [0.4, 0.5) is 0 Å². The number of hydrogen-bond donors (Lipinski definition) is 3. The number of aliphatic hydroxyl groups is 1. The van der Waals surface area contributed by atoms with E-state index in [1.165, 1.54) is 154 Å². The number of hydrogen-bond acceptors (Lipinski definition) is 15. The molecule has 0 saturated carbocycles. The smallest absolute Gasteiger partial charge is 0.462 e. The third-order valence-corrected chi connectivity index (χ3v) is 18.2. The molecular weight excluding hydrogens is 1190 g/mol. The van der Waals surface area contributed by atoms with Crippen LogP contribution in [-0.2, 0) is 65.4 Å². The lowest BCUT2D eigenvalue weighted by molar-refractivity contribution is -0.161. The summed E-state index contributed by atoms with van der Waals surface area (Å²) in [6.07, 6.45) is 53.3. The van der Waals surface area contributed by atoms with Crippen LogP contribution in [0.3, 0.4) is 0 Å². The van der Waals surface area contributed by atoms with E-state index >= 15 is 0 Å². The number of allylic oxidation sites excluding steroid dienone is 4. The fourth-order valence-corrected chi connectivity index (χ4v) is 11.8. The predicted octanol–water partition coefficient (Wildman–Crippen LogP) is 20.1. The van der Waals surface area contributed by atoms with Crippen molar-refractivity contribution in [3.8, 4) is 0 Å². The average molecular weight is 1320 g/mol. The molecule has 0 fully saturated rings. The Kier molecular flexibility index (Phi) is 62.2. The number of carbonyl (C=O) groups excluding carboxylic acids is 4. The Bertz CT molecular complexity index is 1830. The van der Waals surface area contributed by atoms with Crippen LogP contribution >= 0.6 is 15.6 Å². The molecule has 3 unspecified atom stereocenters. The van der Waals surface area contributed by atoms with E-state index in [-0.39, 0.29) is 25.7 Å². The number of ether oxygens (including phenoxy) is 4. The van der Waals surface area contributed by atoms with Crippen LogP contribution < -0.4 is 0 Å². The van der Waals surface area contributed by atoms with Crippen molar-refractivity contribution in [2.45, 2.75) is 361 Å². The number of phosphoric ester groups is 2. The molecule has 0 aliphatic rings. The number of unbranched alkanes of at least 4 members (excludes halogenated alkanes) is 37. The Labute approximate surface area is 548 Å². The summed E-state index contributed by atoms with van der Waals surface area (Å²) in [4.78, 5) is 72.5. The van der Waals surface area contributed by atoms with Gasteiger partial charge in [-0.1, -0.05) is 290 Å². The molecule has 0 aliphatic carbocycles. The Hall–Kier alpha value is -2.46. The minimum absolute atomic E-state index is 0.0851. The van der Waals surface area contributed by atoms with Gasteiger partial charge < -0.3 is 33.8 Å². The van der Waals surface area contributed by atoms with E-state index in [0.29, 0.717) is 25.7 Å². The molecule has 0 aliphatic heterocycles. The van der Waals surface area contributed by atoms with E-state index in [1.807, 2.05) is 0 Å². The van der Waals surface area contributed by atoms with E-state index in [2.05, 4.69) is 58.9 Å². The fraction of sp³-hybridized carbons (Fsp3) is 0.887. The van der Waals surface area contributed by atoms with Gasteiger partial charge in [-0.15, -0.1) is 0 Å². The van der Waals surface area contributed by atoms with E-state index in [0.717, 1.165) is 109 Å². The zero-order chi connectivity index (χ0) is 66.3. The zero-order valence-electron chi connectivity index (χ0n) is 57.8. The summed E-state index contributed by atoms with van der Waals surface area (Å²) >= 11 is 0. The van der Waals surface area contributed by atoms with Crippen LogP contribution in [0.15, 0.2) is 24.3 Å². The normalized spacial score (nSPS) is 14.5. The lowest BCUT2D eigenvalue weighted by Crippen LogP contribution is -2.30. The van der Waals surface area contributed by atoms with Crippen molar-refractivity contribution in [1.29, 1.82) is 0 Å². The summed E-state index contributed by atoms with van der Waals surface area (Å²) in [5, 5.41) is 10.6. The fourth-order valence-electron chi connectivity index (χ4n) is 10.2. The third-order valence-electron chi connectivity index (χ3n) is 16.3. The number of esters is 4. The first-order valence-corrected chi connectivity index (χ1v) is 39.5. The van der Waals surface area contributed by atoms with Crippen LogP contribution in [0.1, 0.15) is 343 Å². The van der Waals surface area contributed by atoms with E-state index in [9.17, 15) is 43.2 Å². The molecular formula is C71H134O17P2. The first-order valence-electron chi connectivity index (χ1n) is 36.5. The quantitative estimate of drug-likeness (QED) is 0.0169. The van der Waals surface area contributed by atoms with Crippen molar-refractivity contribution >= 4 is 39.5 Å². The molecule has 0 aromatic rings. The lowest BCUT2D eigenvalue weighted by atomic mass is 9.99. The second-order valence-electron chi connectivity index (χ2n) is 25.2. The van der Waals surface area contributed by atoms with Gasteiger partial charge in [0.2, 0.25) is 0 Å². The van der Waals surface area contributed by atoms with Gasteiger partial charge in [-0.05, 0) is 57.3 Å². The van der Waals surface area contributed by atoms with Gasteiger partial charge in [0, 0.05) is 25.7 Å². The maximum atomic E-state index is 13.0. The highest BCUT2D eigenvalue weighted by Crippen LogP contribution is 2.45. The third kappa shape index (κ3) is 63.0. The van der Waals surface area contributed by atoms with Gasteiger partial charge >= 0.3 is 39.5 Å². The zero-order valence-corrected chi connectivity index (χ0v) is 59.5. The van der Waals surface area contributed by atoms with Gasteiger partial charge in [-0.2, -0.15) is 0 Å². The van der Waals surface area contributed by atoms with Gasteiger partial charge in [-0.25, -0.2) is 9.13 Å². The van der Waals surface area contributed by atoms with Crippen LogP contribution in [0, 0.1) is 5.92 Å². The lowest BCUT2D eigenvalue weighted by Gasteiger charge is -2.21. The molecule has 0 radical (unpaired) electrons. The maximum Gasteiger partial charge on any atom is 0.472 e. The monoisotopic (exact) mass is 1320 g/mol. The van der Waals surface area contributed by atoms with Crippen LogP contribution in [-0.4, -0.2) is 96.7 Å². The van der Waals surface area contributed by atoms with E-state index in [1.54, 1.807) is 0 Å². The Balaban J connectivity index is 5.28. The Morgan fingerprint density at radius 3 is 0.944 bits per heavy atom. The molecule has 530 valence electrons. The van der Waals surface area contributed by atoms with Gasteiger partial charge in [0.05, 0.1) is 26.4 Å². The highest BCUT2D eigenvalue weighted by atomic mass is 31.2. The van der Waals surface area contributed by atoms with Crippen molar-refractivity contribution in [2.75, 3.05) is 39.6 Å². The number of rotatable bonds is 69. The molecule has 19 heteroatoms. The molecule has 90 heavy (non-hydrogen) atoms. The highest BCUT2D eigenvalue weighted by Gasteiger charge is 2.30. The van der Waals surface area contributed by atoms with Crippen molar-refractivity contribution < 1.29 is 80.2 Å². The molecule has 0 aromatic heterocycles.